The van der Waals surface area contributed by atoms with Gasteiger partial charge < -0.3 is 5.32 Å². The SMILES string of the molecule is Clc1ccc(CC2CCNC2)nn1. The molecule has 0 bridgehead atoms. The van der Waals surface area contributed by atoms with Gasteiger partial charge in [-0.15, -0.1) is 5.10 Å². The quantitative estimate of drug-likeness (QED) is 0.777. The van der Waals surface area contributed by atoms with Gasteiger partial charge in [0.15, 0.2) is 5.15 Å². The maximum Gasteiger partial charge on any atom is 0.151 e. The van der Waals surface area contributed by atoms with Gasteiger partial charge in [-0.1, -0.05) is 11.6 Å². The summed E-state index contributed by atoms with van der Waals surface area (Å²) < 4.78 is 0. The Bertz CT molecular complexity index is 267. The first-order chi connectivity index (χ1) is 6.34. The van der Waals surface area contributed by atoms with Gasteiger partial charge in [0.25, 0.3) is 0 Å². The highest BCUT2D eigenvalue weighted by atomic mass is 35.5. The number of aromatic nitrogens is 2. The van der Waals surface area contributed by atoms with Crippen LogP contribution < -0.4 is 5.32 Å². The Labute approximate surface area is 82.5 Å². The monoisotopic (exact) mass is 197 g/mol. The zero-order valence-electron chi connectivity index (χ0n) is 7.33. The van der Waals surface area contributed by atoms with Crippen LogP contribution in [-0.2, 0) is 6.42 Å². The molecule has 1 atom stereocenters. The number of nitrogens with one attached hydrogen (secondary N) is 1. The molecule has 0 radical (unpaired) electrons. The molecule has 0 saturated carbocycles. The molecule has 1 fully saturated rings. The Morgan fingerprint density at radius 1 is 1.46 bits per heavy atom. The van der Waals surface area contributed by atoms with E-state index in [-0.39, 0.29) is 0 Å². The molecule has 0 amide bonds. The lowest BCUT2D eigenvalue weighted by Crippen LogP contribution is -2.11. The van der Waals surface area contributed by atoms with Crippen LogP contribution in [0.3, 0.4) is 0 Å². The topological polar surface area (TPSA) is 37.8 Å². The molecule has 1 aliphatic rings. The van der Waals surface area contributed by atoms with Gasteiger partial charge in [0, 0.05) is 0 Å². The van der Waals surface area contributed by atoms with E-state index in [9.17, 15) is 0 Å². The van der Waals surface area contributed by atoms with Crippen LogP contribution in [0.25, 0.3) is 0 Å². The zero-order valence-corrected chi connectivity index (χ0v) is 8.09. The molecule has 0 aromatic carbocycles. The van der Waals surface area contributed by atoms with Gasteiger partial charge in [0.05, 0.1) is 5.69 Å². The maximum atomic E-state index is 5.64. The summed E-state index contributed by atoms with van der Waals surface area (Å²) in [6, 6.07) is 3.75. The minimum atomic E-state index is 0.466. The third-order valence-corrected chi connectivity index (χ3v) is 2.55. The smallest absolute Gasteiger partial charge is 0.151 e. The highest BCUT2D eigenvalue weighted by Gasteiger charge is 2.15. The van der Waals surface area contributed by atoms with Crippen molar-refractivity contribution in [2.75, 3.05) is 13.1 Å². The molecular weight excluding hydrogens is 186 g/mol. The fraction of sp³-hybridized carbons (Fsp3) is 0.556. The molecule has 2 heterocycles. The molecule has 1 aromatic heterocycles. The van der Waals surface area contributed by atoms with Gasteiger partial charge in [-0.25, -0.2) is 0 Å². The second-order valence-electron chi connectivity index (χ2n) is 3.41. The van der Waals surface area contributed by atoms with Gasteiger partial charge in [-0.2, -0.15) is 5.10 Å². The van der Waals surface area contributed by atoms with E-state index < -0.39 is 0 Å². The first kappa shape index (κ1) is 8.91. The Morgan fingerprint density at radius 3 is 3.00 bits per heavy atom. The van der Waals surface area contributed by atoms with Gasteiger partial charge in [-0.3, -0.25) is 0 Å². The van der Waals surface area contributed by atoms with E-state index in [4.69, 9.17) is 11.6 Å². The standard InChI is InChI=1S/C9H12ClN3/c10-9-2-1-8(12-13-9)5-7-3-4-11-6-7/h1-2,7,11H,3-6H2. The molecule has 13 heavy (non-hydrogen) atoms. The average molecular weight is 198 g/mol. The van der Waals surface area contributed by atoms with Crippen LogP contribution in [0.4, 0.5) is 0 Å². The Hall–Kier alpha value is -0.670. The summed E-state index contributed by atoms with van der Waals surface area (Å²) >= 11 is 5.64. The van der Waals surface area contributed by atoms with E-state index in [0.29, 0.717) is 5.15 Å². The van der Waals surface area contributed by atoms with E-state index in [1.165, 1.54) is 6.42 Å². The maximum absolute atomic E-state index is 5.64. The van der Waals surface area contributed by atoms with Crippen molar-refractivity contribution in [3.05, 3.63) is 23.0 Å². The van der Waals surface area contributed by atoms with Crippen LogP contribution in [0.5, 0.6) is 0 Å². The van der Waals surface area contributed by atoms with Gasteiger partial charge >= 0.3 is 0 Å². The summed E-state index contributed by atoms with van der Waals surface area (Å²) in [7, 11) is 0. The molecule has 1 unspecified atom stereocenters. The summed E-state index contributed by atoms with van der Waals surface area (Å²) in [5.41, 5.74) is 1.04. The minimum Gasteiger partial charge on any atom is -0.316 e. The predicted octanol–water partition coefficient (Wildman–Crippen LogP) is 1.28. The molecular formula is C9H12ClN3. The molecule has 1 N–H and O–H groups in total. The van der Waals surface area contributed by atoms with Crippen LogP contribution >= 0.6 is 11.6 Å². The Kier molecular flexibility index (Phi) is 2.76. The molecule has 1 saturated heterocycles. The molecule has 4 heteroatoms. The van der Waals surface area contributed by atoms with Crippen molar-refractivity contribution in [1.29, 1.82) is 0 Å². The molecule has 70 valence electrons. The third kappa shape index (κ3) is 2.39. The van der Waals surface area contributed by atoms with E-state index in [0.717, 1.165) is 31.1 Å². The Balaban J connectivity index is 1.97. The lowest BCUT2D eigenvalue weighted by Gasteiger charge is -2.05. The van der Waals surface area contributed by atoms with Crippen molar-refractivity contribution >= 4 is 11.6 Å². The fourth-order valence-corrected chi connectivity index (χ4v) is 1.74. The van der Waals surface area contributed by atoms with Gasteiger partial charge in [-0.05, 0) is 44.0 Å². The molecule has 3 nitrogen and oxygen atoms in total. The van der Waals surface area contributed by atoms with E-state index in [1.807, 2.05) is 6.07 Å². The third-order valence-electron chi connectivity index (χ3n) is 2.35. The summed E-state index contributed by atoms with van der Waals surface area (Å²) in [6.45, 7) is 2.23. The van der Waals surface area contributed by atoms with Crippen LogP contribution in [-0.4, -0.2) is 23.3 Å². The number of hydrogen-bond donors (Lipinski definition) is 1. The van der Waals surface area contributed by atoms with Crippen molar-refractivity contribution in [3.63, 3.8) is 0 Å². The Morgan fingerprint density at radius 2 is 2.38 bits per heavy atom. The van der Waals surface area contributed by atoms with E-state index in [1.54, 1.807) is 6.07 Å². The number of halogens is 1. The normalized spacial score (nSPS) is 22.1. The predicted molar refractivity (Wildman–Crippen MR) is 51.7 cm³/mol. The number of nitrogens with zero attached hydrogens (tertiary/aromatic N) is 2. The molecule has 1 aliphatic heterocycles. The van der Waals surface area contributed by atoms with Gasteiger partial charge in [0.2, 0.25) is 0 Å². The van der Waals surface area contributed by atoms with Crippen molar-refractivity contribution in [3.8, 4) is 0 Å². The largest absolute Gasteiger partial charge is 0.316 e. The highest BCUT2D eigenvalue weighted by molar-refractivity contribution is 6.29. The van der Waals surface area contributed by atoms with Gasteiger partial charge in [0.1, 0.15) is 0 Å². The number of rotatable bonds is 2. The summed E-state index contributed by atoms with van der Waals surface area (Å²) in [6.07, 6.45) is 2.25. The highest BCUT2D eigenvalue weighted by Crippen LogP contribution is 2.13. The average Bonchev–Trinajstić information content (AvgIpc) is 2.62. The number of hydrogen-bond acceptors (Lipinski definition) is 3. The molecule has 2 rings (SSSR count). The first-order valence-corrected chi connectivity index (χ1v) is 4.91. The van der Waals surface area contributed by atoms with Crippen molar-refractivity contribution in [2.45, 2.75) is 12.8 Å². The van der Waals surface area contributed by atoms with Crippen LogP contribution in [0.1, 0.15) is 12.1 Å². The van der Waals surface area contributed by atoms with Crippen molar-refractivity contribution in [2.24, 2.45) is 5.92 Å². The summed E-state index contributed by atoms with van der Waals surface area (Å²) in [4.78, 5) is 0. The van der Waals surface area contributed by atoms with Crippen LogP contribution in [0.15, 0.2) is 12.1 Å². The summed E-state index contributed by atoms with van der Waals surface area (Å²) in [5, 5.41) is 11.6. The zero-order chi connectivity index (χ0) is 9.10. The minimum absolute atomic E-state index is 0.466. The van der Waals surface area contributed by atoms with Crippen molar-refractivity contribution < 1.29 is 0 Å². The van der Waals surface area contributed by atoms with Crippen molar-refractivity contribution in [1.82, 2.24) is 15.5 Å². The lowest BCUT2D eigenvalue weighted by atomic mass is 10.0. The lowest BCUT2D eigenvalue weighted by molar-refractivity contribution is 0.567. The first-order valence-electron chi connectivity index (χ1n) is 4.53. The fourth-order valence-electron chi connectivity index (χ4n) is 1.64. The van der Waals surface area contributed by atoms with E-state index in [2.05, 4.69) is 15.5 Å². The van der Waals surface area contributed by atoms with E-state index >= 15 is 0 Å². The summed E-state index contributed by atoms with van der Waals surface area (Å²) in [5.74, 6) is 0.718. The molecule has 0 aliphatic carbocycles. The molecule has 0 spiro atoms. The second kappa shape index (κ2) is 4.03. The van der Waals surface area contributed by atoms with Crippen LogP contribution in [0, 0.1) is 5.92 Å². The molecule has 1 aromatic rings. The second-order valence-corrected chi connectivity index (χ2v) is 3.80. The van der Waals surface area contributed by atoms with Crippen LogP contribution in [0.2, 0.25) is 5.15 Å².